The molecule has 0 aliphatic rings. The topological polar surface area (TPSA) is 15.8 Å². The molecule has 2 heterocycles. The predicted molar refractivity (Wildman–Crippen MR) is 61.9 cm³/mol. The summed E-state index contributed by atoms with van der Waals surface area (Å²) >= 11 is 0. The number of unbranched alkanes of at least 4 members (excludes halogenated alkanes) is 4. The van der Waals surface area contributed by atoms with Gasteiger partial charge in [-0.15, -0.1) is 0 Å². The number of rotatable bonds is 6. The summed E-state index contributed by atoms with van der Waals surface area (Å²) in [5.74, 6) is 0. The standard InChI is InChI=1S/C13H19N/c1-2-3-4-5-6-7-11-10-12-8-9-13(11)14-12/h8-10,14H,2-7H2,1H3. The molecule has 1 heteroatoms. The van der Waals surface area contributed by atoms with Gasteiger partial charge in [-0.25, -0.2) is 0 Å². The van der Waals surface area contributed by atoms with Crippen molar-refractivity contribution in [3.05, 3.63) is 23.8 Å². The van der Waals surface area contributed by atoms with Gasteiger partial charge in [-0.3, -0.25) is 0 Å². The van der Waals surface area contributed by atoms with Crippen LogP contribution in [0.25, 0.3) is 11.0 Å². The van der Waals surface area contributed by atoms with Gasteiger partial charge in [-0.1, -0.05) is 32.6 Å². The summed E-state index contributed by atoms with van der Waals surface area (Å²) in [6, 6.07) is 6.63. The van der Waals surface area contributed by atoms with Gasteiger partial charge in [0.15, 0.2) is 0 Å². The molecule has 0 aromatic carbocycles. The Kier molecular flexibility index (Phi) is 3.07. The monoisotopic (exact) mass is 189 g/mol. The lowest BCUT2D eigenvalue weighted by Crippen LogP contribution is -1.84. The second-order valence-corrected chi connectivity index (χ2v) is 4.16. The Labute approximate surface area is 85.9 Å². The number of aryl methyl sites for hydroxylation is 1. The van der Waals surface area contributed by atoms with Gasteiger partial charge in [0, 0.05) is 11.0 Å². The maximum Gasteiger partial charge on any atom is 0.0418 e. The van der Waals surface area contributed by atoms with Crippen molar-refractivity contribution in [1.29, 1.82) is 0 Å². The summed E-state index contributed by atoms with van der Waals surface area (Å²) in [4.78, 5) is 3.36. The van der Waals surface area contributed by atoms with Crippen molar-refractivity contribution in [2.24, 2.45) is 0 Å². The highest BCUT2D eigenvalue weighted by atomic mass is 14.7. The van der Waals surface area contributed by atoms with Gasteiger partial charge in [-0.05, 0) is 36.6 Å². The Morgan fingerprint density at radius 3 is 2.57 bits per heavy atom. The van der Waals surface area contributed by atoms with Crippen LogP contribution in [0.5, 0.6) is 0 Å². The van der Waals surface area contributed by atoms with E-state index in [9.17, 15) is 0 Å². The molecular weight excluding hydrogens is 170 g/mol. The van der Waals surface area contributed by atoms with Crippen LogP contribution in [-0.2, 0) is 6.42 Å². The minimum Gasteiger partial charge on any atom is -0.355 e. The van der Waals surface area contributed by atoms with Crippen molar-refractivity contribution in [3.63, 3.8) is 0 Å². The third kappa shape index (κ3) is 2.09. The van der Waals surface area contributed by atoms with Crippen molar-refractivity contribution in [1.82, 2.24) is 4.98 Å². The van der Waals surface area contributed by atoms with E-state index in [2.05, 4.69) is 30.1 Å². The first-order valence-electron chi connectivity index (χ1n) is 5.80. The summed E-state index contributed by atoms with van der Waals surface area (Å²) in [5, 5.41) is 0. The lowest BCUT2D eigenvalue weighted by molar-refractivity contribution is 0.633. The van der Waals surface area contributed by atoms with E-state index in [0.29, 0.717) is 0 Å². The van der Waals surface area contributed by atoms with Crippen LogP contribution in [0.3, 0.4) is 0 Å². The molecule has 14 heavy (non-hydrogen) atoms. The largest absolute Gasteiger partial charge is 0.355 e. The fraction of sp³-hybridized carbons (Fsp3) is 0.538. The third-order valence-corrected chi connectivity index (χ3v) is 2.93. The van der Waals surface area contributed by atoms with Crippen molar-refractivity contribution >= 4 is 11.0 Å². The first-order chi connectivity index (χ1) is 6.90. The molecule has 2 aromatic heterocycles. The average Bonchev–Trinajstić information content (AvgIpc) is 2.79. The van der Waals surface area contributed by atoms with Gasteiger partial charge in [0.05, 0.1) is 0 Å². The lowest BCUT2D eigenvalue weighted by Gasteiger charge is -1.99. The molecule has 1 N–H and O–H groups in total. The van der Waals surface area contributed by atoms with Gasteiger partial charge in [0.2, 0.25) is 0 Å². The molecule has 0 atom stereocenters. The van der Waals surface area contributed by atoms with Crippen molar-refractivity contribution < 1.29 is 0 Å². The van der Waals surface area contributed by atoms with Gasteiger partial charge >= 0.3 is 0 Å². The summed E-state index contributed by atoms with van der Waals surface area (Å²) in [6.45, 7) is 2.26. The molecule has 0 saturated carbocycles. The number of hydrogen-bond acceptors (Lipinski definition) is 0. The van der Waals surface area contributed by atoms with Gasteiger partial charge in [0.1, 0.15) is 0 Å². The van der Waals surface area contributed by atoms with E-state index in [4.69, 9.17) is 0 Å². The van der Waals surface area contributed by atoms with Crippen LogP contribution in [0.1, 0.15) is 44.6 Å². The van der Waals surface area contributed by atoms with E-state index in [0.717, 1.165) is 0 Å². The summed E-state index contributed by atoms with van der Waals surface area (Å²) in [6.07, 6.45) is 8.11. The molecule has 0 fully saturated rings. The number of fused-ring (bicyclic) bond motifs is 2. The predicted octanol–water partition coefficient (Wildman–Crippen LogP) is 4.12. The fourth-order valence-electron chi connectivity index (χ4n) is 2.07. The number of nitrogens with one attached hydrogen (secondary N) is 1. The fourth-order valence-corrected chi connectivity index (χ4v) is 2.07. The molecule has 2 rings (SSSR count). The quantitative estimate of drug-likeness (QED) is 0.658. The summed E-state index contributed by atoms with van der Waals surface area (Å²) < 4.78 is 0. The SMILES string of the molecule is CCCCCCCc1cc2ccc1[nH]2. The lowest BCUT2D eigenvalue weighted by atomic mass is 10.1. The molecule has 1 nitrogen and oxygen atoms in total. The third-order valence-electron chi connectivity index (χ3n) is 2.93. The van der Waals surface area contributed by atoms with Crippen molar-refractivity contribution in [3.8, 4) is 0 Å². The first kappa shape index (κ1) is 9.57. The van der Waals surface area contributed by atoms with Gasteiger partial charge in [-0.2, -0.15) is 0 Å². The summed E-state index contributed by atoms with van der Waals surface area (Å²) in [7, 11) is 0. The van der Waals surface area contributed by atoms with E-state index in [-0.39, 0.29) is 0 Å². The average molecular weight is 189 g/mol. The molecule has 0 aliphatic carbocycles. The second kappa shape index (κ2) is 4.50. The summed E-state index contributed by atoms with van der Waals surface area (Å²) in [5.41, 5.74) is 4.14. The van der Waals surface area contributed by atoms with Crippen LogP contribution in [0.15, 0.2) is 18.2 Å². The molecule has 0 amide bonds. The Bertz CT molecular complexity index is 361. The molecule has 76 valence electrons. The van der Waals surface area contributed by atoms with Crippen molar-refractivity contribution in [2.75, 3.05) is 0 Å². The van der Waals surface area contributed by atoms with Crippen LogP contribution in [0.4, 0.5) is 0 Å². The maximum atomic E-state index is 3.36. The molecule has 0 aliphatic heterocycles. The van der Waals surface area contributed by atoms with Crippen LogP contribution in [-0.4, -0.2) is 4.98 Å². The van der Waals surface area contributed by atoms with Crippen LogP contribution in [0.2, 0.25) is 0 Å². The molecule has 0 unspecified atom stereocenters. The van der Waals surface area contributed by atoms with E-state index in [1.54, 1.807) is 0 Å². The minimum atomic E-state index is 1.25. The van der Waals surface area contributed by atoms with E-state index >= 15 is 0 Å². The van der Waals surface area contributed by atoms with E-state index in [1.807, 2.05) is 0 Å². The number of H-pyrrole nitrogens is 1. The molecule has 0 radical (unpaired) electrons. The maximum absolute atomic E-state index is 3.36. The molecule has 2 aromatic rings. The smallest absolute Gasteiger partial charge is 0.0418 e. The minimum absolute atomic E-state index is 1.25. The number of aromatic amines is 1. The van der Waals surface area contributed by atoms with E-state index < -0.39 is 0 Å². The number of benzene rings is 1. The van der Waals surface area contributed by atoms with Gasteiger partial charge in [0.25, 0.3) is 0 Å². The van der Waals surface area contributed by atoms with Crippen LogP contribution < -0.4 is 0 Å². The highest BCUT2D eigenvalue weighted by molar-refractivity contribution is 5.70. The molecular formula is C13H19N. The number of hydrogen-bond donors (Lipinski definition) is 1. The number of aromatic nitrogens is 1. The van der Waals surface area contributed by atoms with Crippen LogP contribution >= 0.6 is 0 Å². The molecule has 0 saturated heterocycles. The second-order valence-electron chi connectivity index (χ2n) is 4.16. The Balaban J connectivity index is 1.73. The Hall–Kier alpha value is -0.980. The van der Waals surface area contributed by atoms with Crippen molar-refractivity contribution in [2.45, 2.75) is 45.4 Å². The van der Waals surface area contributed by atoms with Gasteiger partial charge < -0.3 is 4.98 Å². The highest BCUT2D eigenvalue weighted by Gasteiger charge is 2.02. The molecule has 0 spiro atoms. The zero-order valence-electron chi connectivity index (χ0n) is 8.97. The highest BCUT2D eigenvalue weighted by Crippen LogP contribution is 2.19. The Morgan fingerprint density at radius 1 is 1.07 bits per heavy atom. The molecule has 2 bridgehead atoms. The normalized spacial score (nSPS) is 11.5. The zero-order chi connectivity index (χ0) is 9.80. The van der Waals surface area contributed by atoms with E-state index in [1.165, 1.54) is 55.1 Å². The first-order valence-corrected chi connectivity index (χ1v) is 5.80. The Morgan fingerprint density at radius 2 is 1.93 bits per heavy atom. The van der Waals surface area contributed by atoms with Crippen LogP contribution in [0, 0.1) is 0 Å². The zero-order valence-corrected chi connectivity index (χ0v) is 8.97.